The van der Waals surface area contributed by atoms with E-state index < -0.39 is 0 Å². The third-order valence-corrected chi connectivity index (χ3v) is 2.38. The molecule has 1 aromatic heterocycles. The van der Waals surface area contributed by atoms with Crippen LogP contribution in [-0.4, -0.2) is 10.5 Å². The van der Waals surface area contributed by atoms with E-state index in [9.17, 15) is 0 Å². The molecule has 2 nitrogen and oxygen atoms in total. The molecule has 0 unspecified atom stereocenters. The van der Waals surface area contributed by atoms with Gasteiger partial charge in [-0.15, -0.1) is 0 Å². The zero-order valence-corrected chi connectivity index (χ0v) is 8.89. The third-order valence-electron chi connectivity index (χ3n) is 2.38. The molecule has 0 saturated heterocycles. The molecular weight excluding hydrogens is 160 g/mol. The van der Waals surface area contributed by atoms with Gasteiger partial charge in [0.1, 0.15) is 0 Å². The third kappa shape index (κ3) is 2.72. The Bertz CT molecular complexity index is 279. The van der Waals surface area contributed by atoms with E-state index in [-0.39, 0.29) is 5.54 Å². The highest BCUT2D eigenvalue weighted by molar-refractivity contribution is 5.50. The SMILES string of the molecule is CCC(C)(C)Nc1ccncc1C. The van der Waals surface area contributed by atoms with Gasteiger partial charge in [-0.2, -0.15) is 0 Å². The normalized spacial score (nSPS) is 11.4. The average Bonchev–Trinajstić information content (AvgIpc) is 2.09. The summed E-state index contributed by atoms with van der Waals surface area (Å²) in [5.41, 5.74) is 2.54. The molecule has 0 aromatic carbocycles. The number of nitrogens with one attached hydrogen (secondary N) is 1. The molecule has 13 heavy (non-hydrogen) atoms. The topological polar surface area (TPSA) is 24.9 Å². The van der Waals surface area contributed by atoms with Crippen molar-refractivity contribution in [2.24, 2.45) is 0 Å². The van der Waals surface area contributed by atoms with Crippen LogP contribution in [0.2, 0.25) is 0 Å². The quantitative estimate of drug-likeness (QED) is 0.769. The largest absolute Gasteiger partial charge is 0.380 e. The summed E-state index contributed by atoms with van der Waals surface area (Å²) in [7, 11) is 0. The lowest BCUT2D eigenvalue weighted by Crippen LogP contribution is -2.29. The molecule has 1 rings (SSSR count). The van der Waals surface area contributed by atoms with Crippen molar-refractivity contribution in [2.75, 3.05) is 5.32 Å². The highest BCUT2D eigenvalue weighted by Crippen LogP contribution is 2.19. The van der Waals surface area contributed by atoms with Crippen molar-refractivity contribution >= 4 is 5.69 Å². The zero-order valence-electron chi connectivity index (χ0n) is 8.89. The van der Waals surface area contributed by atoms with Crippen molar-refractivity contribution < 1.29 is 0 Å². The van der Waals surface area contributed by atoms with Gasteiger partial charge in [-0.05, 0) is 38.8 Å². The van der Waals surface area contributed by atoms with Crippen LogP contribution in [0, 0.1) is 6.92 Å². The van der Waals surface area contributed by atoms with Gasteiger partial charge in [-0.3, -0.25) is 4.98 Å². The standard InChI is InChI=1S/C11H18N2/c1-5-11(3,4)13-10-6-7-12-8-9(10)2/h6-8H,5H2,1-4H3,(H,12,13). The molecule has 0 aliphatic carbocycles. The predicted octanol–water partition coefficient (Wildman–Crippen LogP) is 2.99. The summed E-state index contributed by atoms with van der Waals surface area (Å²) in [5.74, 6) is 0. The minimum absolute atomic E-state index is 0.159. The number of hydrogen-bond donors (Lipinski definition) is 1. The van der Waals surface area contributed by atoms with Gasteiger partial charge in [-0.25, -0.2) is 0 Å². The molecule has 0 aliphatic heterocycles. The minimum Gasteiger partial charge on any atom is -0.380 e. The summed E-state index contributed by atoms with van der Waals surface area (Å²) < 4.78 is 0. The highest BCUT2D eigenvalue weighted by atomic mass is 15.0. The number of aryl methyl sites for hydroxylation is 1. The van der Waals surface area contributed by atoms with E-state index >= 15 is 0 Å². The minimum atomic E-state index is 0.159. The molecule has 1 aromatic rings. The second-order valence-corrected chi connectivity index (χ2v) is 4.05. The number of anilines is 1. The molecule has 0 radical (unpaired) electrons. The molecule has 0 atom stereocenters. The summed E-state index contributed by atoms with van der Waals surface area (Å²) in [6.45, 7) is 8.66. The Hall–Kier alpha value is -1.05. The summed E-state index contributed by atoms with van der Waals surface area (Å²) in [6.07, 6.45) is 4.81. The zero-order chi connectivity index (χ0) is 9.90. The van der Waals surface area contributed by atoms with Crippen molar-refractivity contribution in [3.8, 4) is 0 Å². The maximum atomic E-state index is 4.06. The van der Waals surface area contributed by atoms with Gasteiger partial charge in [0.15, 0.2) is 0 Å². The van der Waals surface area contributed by atoms with E-state index in [4.69, 9.17) is 0 Å². The van der Waals surface area contributed by atoms with Crippen LogP contribution in [0.3, 0.4) is 0 Å². The summed E-state index contributed by atoms with van der Waals surface area (Å²) in [4.78, 5) is 4.06. The molecule has 1 heterocycles. The van der Waals surface area contributed by atoms with E-state index in [0.717, 1.165) is 6.42 Å². The van der Waals surface area contributed by atoms with Crippen LogP contribution in [0.1, 0.15) is 32.8 Å². The van der Waals surface area contributed by atoms with Gasteiger partial charge in [0.2, 0.25) is 0 Å². The van der Waals surface area contributed by atoms with Crippen LogP contribution in [-0.2, 0) is 0 Å². The van der Waals surface area contributed by atoms with Crippen molar-refractivity contribution in [3.05, 3.63) is 24.0 Å². The number of pyridine rings is 1. The van der Waals surface area contributed by atoms with Crippen molar-refractivity contribution in [1.82, 2.24) is 4.98 Å². The van der Waals surface area contributed by atoms with E-state index in [0.29, 0.717) is 0 Å². The van der Waals surface area contributed by atoms with Crippen LogP contribution in [0.4, 0.5) is 5.69 Å². The molecule has 0 saturated carbocycles. The van der Waals surface area contributed by atoms with Crippen molar-refractivity contribution in [2.45, 2.75) is 39.7 Å². The Morgan fingerprint density at radius 1 is 1.46 bits per heavy atom. The van der Waals surface area contributed by atoms with Crippen LogP contribution in [0.25, 0.3) is 0 Å². The molecule has 1 N–H and O–H groups in total. The Kier molecular flexibility index (Phi) is 2.91. The van der Waals surface area contributed by atoms with Gasteiger partial charge in [-0.1, -0.05) is 6.92 Å². The maximum Gasteiger partial charge on any atom is 0.0404 e. The second kappa shape index (κ2) is 3.77. The van der Waals surface area contributed by atoms with Crippen LogP contribution < -0.4 is 5.32 Å². The highest BCUT2D eigenvalue weighted by Gasteiger charge is 2.14. The van der Waals surface area contributed by atoms with E-state index in [1.807, 2.05) is 18.5 Å². The Balaban J connectivity index is 2.80. The first-order valence-corrected chi connectivity index (χ1v) is 4.74. The Morgan fingerprint density at radius 3 is 2.69 bits per heavy atom. The molecule has 72 valence electrons. The van der Waals surface area contributed by atoms with Gasteiger partial charge < -0.3 is 5.32 Å². The summed E-state index contributed by atoms with van der Waals surface area (Å²) in [6, 6.07) is 2.02. The van der Waals surface area contributed by atoms with E-state index in [1.165, 1.54) is 11.3 Å². The molecule has 2 heteroatoms. The molecule has 0 bridgehead atoms. The fourth-order valence-electron chi connectivity index (χ4n) is 1.07. The maximum absolute atomic E-state index is 4.06. The van der Waals surface area contributed by atoms with Gasteiger partial charge >= 0.3 is 0 Å². The fraction of sp³-hybridized carbons (Fsp3) is 0.545. The van der Waals surface area contributed by atoms with Crippen LogP contribution in [0.15, 0.2) is 18.5 Å². The second-order valence-electron chi connectivity index (χ2n) is 4.05. The number of aromatic nitrogens is 1. The predicted molar refractivity (Wildman–Crippen MR) is 57.0 cm³/mol. The lowest BCUT2D eigenvalue weighted by molar-refractivity contribution is 0.547. The Labute approximate surface area is 80.4 Å². The number of nitrogens with zero attached hydrogens (tertiary/aromatic N) is 1. The lowest BCUT2D eigenvalue weighted by Gasteiger charge is -2.26. The van der Waals surface area contributed by atoms with Crippen LogP contribution in [0.5, 0.6) is 0 Å². The molecule has 0 amide bonds. The first-order chi connectivity index (χ1) is 6.05. The Morgan fingerprint density at radius 2 is 2.15 bits per heavy atom. The molecular formula is C11H18N2. The molecule has 0 aliphatic rings. The first kappa shape index (κ1) is 10.0. The lowest BCUT2D eigenvalue weighted by atomic mass is 10.0. The van der Waals surface area contributed by atoms with Crippen LogP contribution >= 0.6 is 0 Å². The summed E-state index contributed by atoms with van der Waals surface area (Å²) in [5, 5.41) is 3.50. The van der Waals surface area contributed by atoms with Gasteiger partial charge in [0.05, 0.1) is 0 Å². The smallest absolute Gasteiger partial charge is 0.0404 e. The number of rotatable bonds is 3. The van der Waals surface area contributed by atoms with Crippen molar-refractivity contribution in [3.63, 3.8) is 0 Å². The monoisotopic (exact) mass is 178 g/mol. The first-order valence-electron chi connectivity index (χ1n) is 4.74. The van der Waals surface area contributed by atoms with Gasteiger partial charge in [0, 0.05) is 23.6 Å². The average molecular weight is 178 g/mol. The summed E-state index contributed by atoms with van der Waals surface area (Å²) >= 11 is 0. The number of hydrogen-bond acceptors (Lipinski definition) is 2. The van der Waals surface area contributed by atoms with E-state index in [1.54, 1.807) is 0 Å². The molecule has 0 spiro atoms. The van der Waals surface area contributed by atoms with E-state index in [2.05, 4.69) is 38.0 Å². The fourth-order valence-corrected chi connectivity index (χ4v) is 1.07. The van der Waals surface area contributed by atoms with Gasteiger partial charge in [0.25, 0.3) is 0 Å². The molecule has 0 fully saturated rings. The van der Waals surface area contributed by atoms with Crippen molar-refractivity contribution in [1.29, 1.82) is 0 Å².